The Morgan fingerprint density at radius 1 is 1.00 bits per heavy atom. The maximum Gasteiger partial charge on any atom is 0.309 e. The molecular weight excluding hydrogens is 392 g/mol. The normalized spacial score (nSPS) is 17.1. The second-order valence-corrected chi connectivity index (χ2v) is 8.10. The quantitative estimate of drug-likeness (QED) is 0.690. The Morgan fingerprint density at radius 2 is 1.74 bits per heavy atom. The first-order valence-corrected chi connectivity index (χ1v) is 10.9. The SMILES string of the molecule is CN1CCc2cc(C(CNC(=O)C(=O)NCc3ccccc3)N3CCOCC3)ccc21. The van der Waals surface area contributed by atoms with Crippen LogP contribution in [0, 0.1) is 0 Å². The van der Waals surface area contributed by atoms with Gasteiger partial charge in [0.25, 0.3) is 0 Å². The van der Waals surface area contributed by atoms with Crippen molar-refractivity contribution < 1.29 is 14.3 Å². The molecule has 1 atom stereocenters. The van der Waals surface area contributed by atoms with E-state index >= 15 is 0 Å². The third kappa shape index (κ3) is 5.24. The number of anilines is 1. The molecule has 1 saturated heterocycles. The number of carbonyl (C=O) groups is 2. The van der Waals surface area contributed by atoms with Crippen molar-refractivity contribution in [3.8, 4) is 0 Å². The summed E-state index contributed by atoms with van der Waals surface area (Å²) < 4.78 is 5.51. The summed E-state index contributed by atoms with van der Waals surface area (Å²) >= 11 is 0. The van der Waals surface area contributed by atoms with Gasteiger partial charge in [-0.05, 0) is 29.2 Å². The van der Waals surface area contributed by atoms with Crippen LogP contribution in [0.1, 0.15) is 22.7 Å². The monoisotopic (exact) mass is 422 g/mol. The topological polar surface area (TPSA) is 73.9 Å². The van der Waals surface area contributed by atoms with E-state index in [0.29, 0.717) is 26.3 Å². The van der Waals surface area contributed by atoms with E-state index in [0.717, 1.165) is 31.6 Å². The Balaban J connectivity index is 1.40. The van der Waals surface area contributed by atoms with Crippen LogP contribution in [0.4, 0.5) is 5.69 Å². The van der Waals surface area contributed by atoms with Crippen molar-refractivity contribution in [1.29, 1.82) is 0 Å². The van der Waals surface area contributed by atoms with Gasteiger partial charge in [0.1, 0.15) is 0 Å². The van der Waals surface area contributed by atoms with E-state index in [2.05, 4.69) is 45.7 Å². The molecule has 2 aliphatic heterocycles. The van der Waals surface area contributed by atoms with E-state index in [1.807, 2.05) is 30.3 Å². The molecule has 0 radical (unpaired) electrons. The number of morpholine rings is 1. The lowest BCUT2D eigenvalue weighted by Crippen LogP contribution is -2.46. The van der Waals surface area contributed by atoms with E-state index in [1.54, 1.807) is 0 Å². The van der Waals surface area contributed by atoms with Crippen LogP contribution in [0.3, 0.4) is 0 Å². The molecule has 7 nitrogen and oxygen atoms in total. The van der Waals surface area contributed by atoms with Gasteiger partial charge >= 0.3 is 11.8 Å². The lowest BCUT2D eigenvalue weighted by atomic mass is 10.0. The van der Waals surface area contributed by atoms with Crippen molar-refractivity contribution in [2.45, 2.75) is 19.0 Å². The minimum atomic E-state index is -0.611. The van der Waals surface area contributed by atoms with E-state index in [1.165, 1.54) is 16.8 Å². The van der Waals surface area contributed by atoms with E-state index < -0.39 is 11.8 Å². The van der Waals surface area contributed by atoms with Crippen LogP contribution in [0.25, 0.3) is 0 Å². The number of carbonyl (C=O) groups excluding carboxylic acids is 2. The molecule has 2 aromatic rings. The highest BCUT2D eigenvalue weighted by Crippen LogP contribution is 2.31. The first-order valence-electron chi connectivity index (χ1n) is 10.9. The molecule has 0 aromatic heterocycles. The van der Waals surface area contributed by atoms with Gasteiger partial charge in [-0.2, -0.15) is 0 Å². The van der Waals surface area contributed by atoms with Crippen molar-refractivity contribution in [3.63, 3.8) is 0 Å². The lowest BCUT2D eigenvalue weighted by Gasteiger charge is -2.35. The summed E-state index contributed by atoms with van der Waals surface area (Å²) in [7, 11) is 2.11. The van der Waals surface area contributed by atoms with Gasteiger partial charge in [-0.15, -0.1) is 0 Å². The zero-order valence-corrected chi connectivity index (χ0v) is 18.0. The molecule has 164 valence electrons. The summed E-state index contributed by atoms with van der Waals surface area (Å²) in [6.07, 6.45) is 1.03. The van der Waals surface area contributed by atoms with Gasteiger partial charge < -0.3 is 20.3 Å². The minimum Gasteiger partial charge on any atom is -0.379 e. The van der Waals surface area contributed by atoms with Crippen LogP contribution in [-0.2, 0) is 27.3 Å². The van der Waals surface area contributed by atoms with Gasteiger partial charge in [0, 0.05) is 45.5 Å². The number of likely N-dealkylation sites (N-methyl/N-ethyl adjacent to an activating group) is 1. The number of nitrogens with zero attached hydrogens (tertiary/aromatic N) is 2. The summed E-state index contributed by atoms with van der Waals surface area (Å²) in [5.41, 5.74) is 4.73. The van der Waals surface area contributed by atoms with Crippen molar-refractivity contribution in [1.82, 2.24) is 15.5 Å². The Hall–Kier alpha value is -2.90. The molecule has 2 aromatic carbocycles. The Kier molecular flexibility index (Phi) is 6.84. The second kappa shape index (κ2) is 9.94. The molecule has 2 heterocycles. The van der Waals surface area contributed by atoms with Gasteiger partial charge in [0.05, 0.1) is 19.3 Å². The van der Waals surface area contributed by atoms with Crippen molar-refractivity contribution >= 4 is 17.5 Å². The average molecular weight is 423 g/mol. The first kappa shape index (κ1) is 21.3. The number of amides is 2. The molecule has 0 saturated carbocycles. The minimum absolute atomic E-state index is 0.00554. The maximum atomic E-state index is 12.4. The van der Waals surface area contributed by atoms with Gasteiger partial charge in [0.15, 0.2) is 0 Å². The molecule has 1 unspecified atom stereocenters. The van der Waals surface area contributed by atoms with Crippen LogP contribution in [0.5, 0.6) is 0 Å². The Morgan fingerprint density at radius 3 is 2.52 bits per heavy atom. The molecule has 0 bridgehead atoms. The van der Waals surface area contributed by atoms with Gasteiger partial charge in [0.2, 0.25) is 0 Å². The fraction of sp³-hybridized carbons (Fsp3) is 0.417. The highest BCUT2D eigenvalue weighted by Gasteiger charge is 2.26. The molecule has 7 heteroatoms. The molecular formula is C24H30N4O3. The average Bonchev–Trinajstić information content (AvgIpc) is 3.19. The van der Waals surface area contributed by atoms with Crippen LogP contribution < -0.4 is 15.5 Å². The smallest absolute Gasteiger partial charge is 0.309 e. The Labute approximate surface area is 183 Å². The number of ether oxygens (including phenoxy) is 1. The highest BCUT2D eigenvalue weighted by molar-refractivity contribution is 6.35. The summed E-state index contributed by atoms with van der Waals surface area (Å²) in [5.74, 6) is -1.21. The molecule has 2 amide bonds. The van der Waals surface area contributed by atoms with Crippen molar-refractivity contribution in [2.75, 3.05) is 51.3 Å². The van der Waals surface area contributed by atoms with Crippen LogP contribution >= 0.6 is 0 Å². The van der Waals surface area contributed by atoms with Gasteiger partial charge in [-0.1, -0.05) is 42.5 Å². The highest BCUT2D eigenvalue weighted by atomic mass is 16.5. The van der Waals surface area contributed by atoms with Gasteiger partial charge in [-0.3, -0.25) is 14.5 Å². The standard InChI is InChI=1S/C24H30N4O3/c1-27-10-9-20-15-19(7-8-21(20)27)22(28-11-13-31-14-12-28)17-26-24(30)23(29)25-16-18-5-3-2-4-6-18/h2-8,15,22H,9-14,16-17H2,1H3,(H,25,29)(H,26,30). The third-order valence-corrected chi connectivity index (χ3v) is 6.06. The van der Waals surface area contributed by atoms with Crippen LogP contribution in [-0.4, -0.2) is 63.2 Å². The van der Waals surface area contributed by atoms with E-state index in [9.17, 15) is 9.59 Å². The van der Waals surface area contributed by atoms with Gasteiger partial charge in [-0.25, -0.2) is 0 Å². The first-order chi connectivity index (χ1) is 15.1. The summed E-state index contributed by atoms with van der Waals surface area (Å²) in [6.45, 7) is 4.70. The molecule has 31 heavy (non-hydrogen) atoms. The number of fused-ring (bicyclic) bond motifs is 1. The molecule has 1 fully saturated rings. The number of hydrogen-bond donors (Lipinski definition) is 2. The maximum absolute atomic E-state index is 12.4. The van der Waals surface area contributed by atoms with Crippen molar-refractivity contribution in [2.24, 2.45) is 0 Å². The number of hydrogen-bond acceptors (Lipinski definition) is 5. The van der Waals surface area contributed by atoms with E-state index in [4.69, 9.17) is 4.74 Å². The van der Waals surface area contributed by atoms with Crippen LogP contribution in [0.15, 0.2) is 48.5 Å². The molecule has 0 aliphatic carbocycles. The summed E-state index contributed by atoms with van der Waals surface area (Å²) in [6, 6.07) is 16.1. The van der Waals surface area contributed by atoms with Crippen LogP contribution in [0.2, 0.25) is 0 Å². The lowest BCUT2D eigenvalue weighted by molar-refractivity contribution is -0.139. The molecule has 4 rings (SSSR count). The molecule has 2 aliphatic rings. The predicted octanol–water partition coefficient (Wildman–Crippen LogP) is 1.48. The summed E-state index contributed by atoms with van der Waals surface area (Å²) in [4.78, 5) is 29.3. The second-order valence-electron chi connectivity index (χ2n) is 8.10. The zero-order chi connectivity index (χ0) is 21.6. The van der Waals surface area contributed by atoms with E-state index in [-0.39, 0.29) is 6.04 Å². The largest absolute Gasteiger partial charge is 0.379 e. The fourth-order valence-corrected chi connectivity index (χ4v) is 4.27. The Bertz CT molecular complexity index is 912. The predicted molar refractivity (Wildman–Crippen MR) is 120 cm³/mol. The molecule has 0 spiro atoms. The number of benzene rings is 2. The molecule has 2 N–H and O–H groups in total. The third-order valence-electron chi connectivity index (χ3n) is 6.06. The zero-order valence-electron chi connectivity index (χ0n) is 18.0. The fourth-order valence-electron chi connectivity index (χ4n) is 4.27. The number of nitrogens with one attached hydrogen (secondary N) is 2. The number of rotatable bonds is 6. The van der Waals surface area contributed by atoms with Crippen molar-refractivity contribution in [3.05, 3.63) is 65.2 Å². The summed E-state index contributed by atoms with van der Waals surface area (Å²) in [5, 5.41) is 5.54.